The van der Waals surface area contributed by atoms with Crippen LogP contribution in [0.15, 0.2) is 58.7 Å². The van der Waals surface area contributed by atoms with Crippen molar-refractivity contribution in [2.75, 3.05) is 20.3 Å². The number of nitrogens with one attached hydrogen (secondary N) is 2. The third-order valence-corrected chi connectivity index (χ3v) is 3.95. The van der Waals surface area contributed by atoms with E-state index < -0.39 is 11.8 Å². The number of halogens is 1. The Labute approximate surface area is 160 Å². The molecule has 2 rings (SSSR count). The van der Waals surface area contributed by atoms with Crippen LogP contribution in [0, 0.1) is 0 Å². The molecule has 2 amide bonds. The quantitative estimate of drug-likeness (QED) is 0.602. The standard InChI is InChI=1S/C19H19BrN2O4/c1-26-16-8-2-13(3-9-16)12-17(19(25)21-10-11-23)22-18(24)14-4-6-15(20)7-5-14/h2-9,12,23H,10-11H2,1H3,(H,21,25)(H,22,24)/b17-12-. The zero-order valence-corrected chi connectivity index (χ0v) is 15.7. The first-order chi connectivity index (χ1) is 12.5. The summed E-state index contributed by atoms with van der Waals surface area (Å²) in [6.45, 7) is -0.102. The number of carbonyl (C=O) groups is 2. The molecule has 0 saturated carbocycles. The van der Waals surface area contributed by atoms with Gasteiger partial charge in [0.05, 0.1) is 13.7 Å². The minimum absolute atomic E-state index is 0.0801. The largest absolute Gasteiger partial charge is 0.497 e. The molecule has 0 heterocycles. The summed E-state index contributed by atoms with van der Waals surface area (Å²) in [6.07, 6.45) is 1.56. The van der Waals surface area contributed by atoms with E-state index in [2.05, 4.69) is 26.6 Å². The van der Waals surface area contributed by atoms with E-state index in [-0.39, 0.29) is 18.8 Å². The molecule has 26 heavy (non-hydrogen) atoms. The number of hydrogen-bond acceptors (Lipinski definition) is 4. The zero-order chi connectivity index (χ0) is 18.9. The first-order valence-corrected chi connectivity index (χ1v) is 8.64. The molecule has 136 valence electrons. The Hall–Kier alpha value is -2.64. The highest BCUT2D eigenvalue weighted by Crippen LogP contribution is 2.14. The van der Waals surface area contributed by atoms with E-state index in [9.17, 15) is 9.59 Å². The van der Waals surface area contributed by atoms with Crippen LogP contribution in [-0.4, -0.2) is 37.2 Å². The van der Waals surface area contributed by atoms with Crippen LogP contribution in [0.2, 0.25) is 0 Å². The molecule has 0 radical (unpaired) electrons. The molecule has 0 fully saturated rings. The minimum atomic E-state index is -0.486. The number of benzene rings is 2. The summed E-state index contributed by atoms with van der Waals surface area (Å²) in [5.74, 6) is -0.205. The van der Waals surface area contributed by atoms with Gasteiger partial charge >= 0.3 is 0 Å². The molecular formula is C19H19BrN2O4. The first kappa shape index (κ1) is 19.7. The fourth-order valence-corrected chi connectivity index (χ4v) is 2.35. The Kier molecular flexibility index (Phi) is 7.37. The van der Waals surface area contributed by atoms with Crippen molar-refractivity contribution < 1.29 is 19.4 Å². The maximum Gasteiger partial charge on any atom is 0.267 e. The maximum atomic E-state index is 12.4. The summed E-state index contributed by atoms with van der Waals surface area (Å²) in [4.78, 5) is 24.7. The van der Waals surface area contributed by atoms with Crippen LogP contribution in [0.3, 0.4) is 0 Å². The van der Waals surface area contributed by atoms with Gasteiger partial charge in [-0.1, -0.05) is 28.1 Å². The predicted molar refractivity (Wildman–Crippen MR) is 103 cm³/mol. The van der Waals surface area contributed by atoms with E-state index in [1.807, 2.05) is 0 Å². The summed E-state index contributed by atoms with van der Waals surface area (Å²) in [5, 5.41) is 14.0. The molecule has 0 saturated heterocycles. The minimum Gasteiger partial charge on any atom is -0.497 e. The van der Waals surface area contributed by atoms with Crippen LogP contribution in [0.25, 0.3) is 6.08 Å². The molecule has 2 aromatic carbocycles. The van der Waals surface area contributed by atoms with Gasteiger partial charge in [-0.05, 0) is 48.0 Å². The highest BCUT2D eigenvalue weighted by atomic mass is 79.9. The molecule has 0 atom stereocenters. The molecule has 0 aliphatic rings. The molecule has 0 bridgehead atoms. The van der Waals surface area contributed by atoms with Crippen molar-refractivity contribution in [2.45, 2.75) is 0 Å². The summed E-state index contributed by atoms with van der Waals surface area (Å²) in [7, 11) is 1.57. The van der Waals surface area contributed by atoms with Gasteiger partial charge in [0.1, 0.15) is 11.4 Å². The van der Waals surface area contributed by atoms with Crippen LogP contribution < -0.4 is 15.4 Å². The van der Waals surface area contributed by atoms with Crippen LogP contribution >= 0.6 is 15.9 Å². The van der Waals surface area contributed by atoms with Gasteiger partial charge < -0.3 is 20.5 Å². The van der Waals surface area contributed by atoms with Crippen LogP contribution in [0.1, 0.15) is 15.9 Å². The third kappa shape index (κ3) is 5.72. The van der Waals surface area contributed by atoms with Crippen molar-refractivity contribution >= 4 is 33.8 Å². The molecule has 0 unspecified atom stereocenters. The average Bonchev–Trinajstić information content (AvgIpc) is 2.66. The number of methoxy groups -OCH3 is 1. The Morgan fingerprint density at radius 2 is 1.77 bits per heavy atom. The lowest BCUT2D eigenvalue weighted by atomic mass is 10.1. The van der Waals surface area contributed by atoms with Crippen molar-refractivity contribution in [3.05, 3.63) is 69.8 Å². The fourth-order valence-electron chi connectivity index (χ4n) is 2.09. The number of carbonyl (C=O) groups excluding carboxylic acids is 2. The summed E-state index contributed by atoms with van der Waals surface area (Å²) < 4.78 is 5.96. The summed E-state index contributed by atoms with van der Waals surface area (Å²) in [6, 6.07) is 13.8. The maximum absolute atomic E-state index is 12.4. The van der Waals surface area contributed by atoms with Gasteiger partial charge in [0.15, 0.2) is 0 Å². The second-order valence-electron chi connectivity index (χ2n) is 5.27. The first-order valence-electron chi connectivity index (χ1n) is 7.85. The van der Waals surface area contributed by atoms with Gasteiger partial charge in [0, 0.05) is 16.6 Å². The molecule has 0 aromatic heterocycles. The molecule has 7 heteroatoms. The molecule has 0 aliphatic carbocycles. The van der Waals surface area contributed by atoms with Crippen molar-refractivity contribution in [2.24, 2.45) is 0 Å². The molecule has 2 aromatic rings. The van der Waals surface area contributed by atoms with Crippen molar-refractivity contribution in [3.8, 4) is 5.75 Å². The lowest BCUT2D eigenvalue weighted by Crippen LogP contribution is -2.36. The molecule has 0 spiro atoms. The predicted octanol–water partition coefficient (Wildman–Crippen LogP) is 2.34. The number of ether oxygens (including phenoxy) is 1. The van der Waals surface area contributed by atoms with E-state index in [4.69, 9.17) is 9.84 Å². The van der Waals surface area contributed by atoms with Gasteiger partial charge in [-0.3, -0.25) is 9.59 Å². The molecule has 0 aliphatic heterocycles. The topological polar surface area (TPSA) is 87.7 Å². The average molecular weight is 419 g/mol. The van der Waals surface area contributed by atoms with Gasteiger partial charge in [-0.2, -0.15) is 0 Å². The van der Waals surface area contributed by atoms with Crippen LogP contribution in [-0.2, 0) is 4.79 Å². The summed E-state index contributed by atoms with van der Waals surface area (Å²) in [5.41, 5.74) is 1.22. The second-order valence-corrected chi connectivity index (χ2v) is 6.19. The number of aliphatic hydroxyl groups is 1. The normalized spacial score (nSPS) is 11.0. The molecule has 3 N–H and O–H groups in total. The van der Waals surface area contributed by atoms with Crippen molar-refractivity contribution in [3.63, 3.8) is 0 Å². The number of aliphatic hydroxyl groups excluding tert-OH is 1. The van der Waals surface area contributed by atoms with Gasteiger partial charge in [-0.15, -0.1) is 0 Å². The lowest BCUT2D eigenvalue weighted by molar-refractivity contribution is -0.117. The Bertz CT molecular complexity index is 786. The van der Waals surface area contributed by atoms with E-state index in [0.717, 1.165) is 10.0 Å². The van der Waals surface area contributed by atoms with E-state index in [1.54, 1.807) is 61.7 Å². The number of amides is 2. The van der Waals surface area contributed by atoms with Crippen molar-refractivity contribution in [1.82, 2.24) is 10.6 Å². The van der Waals surface area contributed by atoms with E-state index in [1.165, 1.54) is 0 Å². The lowest BCUT2D eigenvalue weighted by Gasteiger charge is -2.11. The van der Waals surface area contributed by atoms with Gasteiger partial charge in [-0.25, -0.2) is 0 Å². The Morgan fingerprint density at radius 1 is 1.12 bits per heavy atom. The highest BCUT2D eigenvalue weighted by Gasteiger charge is 2.14. The number of rotatable bonds is 7. The zero-order valence-electron chi connectivity index (χ0n) is 14.2. The van der Waals surface area contributed by atoms with Crippen molar-refractivity contribution in [1.29, 1.82) is 0 Å². The highest BCUT2D eigenvalue weighted by molar-refractivity contribution is 9.10. The third-order valence-electron chi connectivity index (χ3n) is 3.42. The summed E-state index contributed by atoms with van der Waals surface area (Å²) >= 11 is 3.31. The second kappa shape index (κ2) is 9.74. The SMILES string of the molecule is COc1ccc(/C=C(\NC(=O)c2ccc(Br)cc2)C(=O)NCCO)cc1. The Morgan fingerprint density at radius 3 is 2.35 bits per heavy atom. The fraction of sp³-hybridized carbons (Fsp3) is 0.158. The molecule has 6 nitrogen and oxygen atoms in total. The van der Waals surface area contributed by atoms with Gasteiger partial charge in [0.2, 0.25) is 0 Å². The van der Waals surface area contributed by atoms with Crippen LogP contribution in [0.5, 0.6) is 5.75 Å². The van der Waals surface area contributed by atoms with E-state index in [0.29, 0.717) is 11.3 Å². The number of hydrogen-bond donors (Lipinski definition) is 3. The van der Waals surface area contributed by atoms with Crippen LogP contribution in [0.4, 0.5) is 0 Å². The smallest absolute Gasteiger partial charge is 0.267 e. The monoisotopic (exact) mass is 418 g/mol. The van der Waals surface area contributed by atoms with Gasteiger partial charge in [0.25, 0.3) is 11.8 Å². The Balaban J connectivity index is 2.24. The van der Waals surface area contributed by atoms with E-state index >= 15 is 0 Å². The molecular weight excluding hydrogens is 400 g/mol.